The van der Waals surface area contributed by atoms with Crippen molar-refractivity contribution in [2.45, 2.75) is 91.9 Å². The summed E-state index contributed by atoms with van der Waals surface area (Å²) in [5.74, 6) is 1.62. The Labute approximate surface area is 298 Å². The van der Waals surface area contributed by atoms with Crippen LogP contribution in [0.3, 0.4) is 0 Å². The summed E-state index contributed by atoms with van der Waals surface area (Å²) in [6.07, 6.45) is 2.26. The predicted molar refractivity (Wildman–Crippen MR) is 187 cm³/mol. The van der Waals surface area contributed by atoms with Crippen molar-refractivity contribution < 1.29 is 35.5 Å². The first kappa shape index (κ1) is 37.9. The summed E-state index contributed by atoms with van der Waals surface area (Å²) < 4.78 is 90.5. The molecule has 1 fully saturated rings. The second-order valence-corrected chi connectivity index (χ2v) is 13.4. The quantitative estimate of drug-likeness (QED) is 0.107. The molecule has 4 aromatic rings. The molecular weight excluding hydrogens is 701 g/mol. The van der Waals surface area contributed by atoms with Crippen LogP contribution >= 0.6 is 23.2 Å². The van der Waals surface area contributed by atoms with E-state index in [0.717, 1.165) is 49.5 Å². The molecule has 272 valence electrons. The fourth-order valence-electron chi connectivity index (χ4n) is 6.69. The summed E-state index contributed by atoms with van der Waals surface area (Å²) in [4.78, 5) is 4.37. The van der Waals surface area contributed by atoms with Crippen molar-refractivity contribution in [2.75, 3.05) is 26.2 Å². The van der Waals surface area contributed by atoms with Gasteiger partial charge in [-0.3, -0.25) is 0 Å². The number of benzene rings is 2. The van der Waals surface area contributed by atoms with Crippen LogP contribution in [-0.2, 0) is 38.5 Å². The zero-order valence-electron chi connectivity index (χ0n) is 28.8. The van der Waals surface area contributed by atoms with Crippen LogP contribution < -0.4 is 9.13 Å². The van der Waals surface area contributed by atoms with E-state index >= 15 is 0 Å². The molecule has 0 unspecified atom stereocenters. The number of piperazine rings is 1. The van der Waals surface area contributed by atoms with Gasteiger partial charge in [0.1, 0.15) is 0 Å². The molecule has 0 N–H and O–H groups in total. The highest BCUT2D eigenvalue weighted by Crippen LogP contribution is 2.38. The van der Waals surface area contributed by atoms with Gasteiger partial charge in [0.25, 0.3) is 11.6 Å². The molecule has 0 atom stereocenters. The van der Waals surface area contributed by atoms with Crippen molar-refractivity contribution >= 4 is 57.4 Å². The zero-order chi connectivity index (χ0) is 36.4. The van der Waals surface area contributed by atoms with Gasteiger partial charge in [0.2, 0.25) is 0 Å². The molecule has 1 aliphatic heterocycles. The lowest BCUT2D eigenvalue weighted by Crippen LogP contribution is -2.42. The Kier molecular flexibility index (Phi) is 11.7. The highest BCUT2D eigenvalue weighted by atomic mass is 35.5. The Balaban J connectivity index is 1.39. The van der Waals surface area contributed by atoms with E-state index in [2.05, 4.69) is 9.80 Å². The minimum absolute atomic E-state index is 0.315. The van der Waals surface area contributed by atoms with E-state index in [4.69, 9.17) is 23.2 Å². The van der Waals surface area contributed by atoms with Gasteiger partial charge in [-0.15, -0.1) is 0 Å². The van der Waals surface area contributed by atoms with Gasteiger partial charge in [0.05, 0.1) is 47.4 Å². The van der Waals surface area contributed by atoms with Gasteiger partial charge in [0, 0.05) is 75.0 Å². The van der Waals surface area contributed by atoms with Crippen LogP contribution in [0.25, 0.3) is 34.2 Å². The average Bonchev–Trinajstić information content (AvgIpc) is 3.52. The third kappa shape index (κ3) is 7.76. The standard InChI is InChI=1S/C36H44Cl2F6N6/c1-5-9-13-49-29-21-25(35(39,40)41)27(37)23-31(29)47(7-3)33(49)11-15-45-17-19-46(20-18-45)16-12-34-48(8-4)32-24-28(38)26(36(42,43)44)22-30(32)50(34)14-10-6-2/h11-12,15-16,21-24H,5-10,13-14,17-20H2,1-4H3/q+2. The lowest BCUT2D eigenvalue weighted by atomic mass is 10.2. The van der Waals surface area contributed by atoms with Crippen LogP contribution in [-0.4, -0.2) is 45.1 Å². The minimum atomic E-state index is -4.56. The molecule has 0 bridgehead atoms. The molecule has 14 heteroatoms. The molecule has 0 radical (unpaired) electrons. The second kappa shape index (κ2) is 15.5. The van der Waals surface area contributed by atoms with Gasteiger partial charge >= 0.3 is 12.4 Å². The third-order valence-corrected chi connectivity index (χ3v) is 9.95. The first-order chi connectivity index (χ1) is 23.7. The minimum Gasteiger partial charge on any atom is -0.374 e. The van der Waals surface area contributed by atoms with Crippen molar-refractivity contribution in [2.24, 2.45) is 0 Å². The Hall–Kier alpha value is -3.38. The molecule has 1 aliphatic rings. The smallest absolute Gasteiger partial charge is 0.374 e. The van der Waals surface area contributed by atoms with Gasteiger partial charge in [-0.05, 0) is 26.7 Å². The molecule has 0 spiro atoms. The normalized spacial score (nSPS) is 14.9. The number of aryl methyl sites for hydroxylation is 4. The maximum atomic E-state index is 13.8. The molecule has 5 rings (SSSR count). The maximum absolute atomic E-state index is 13.8. The van der Waals surface area contributed by atoms with E-state index in [9.17, 15) is 26.3 Å². The van der Waals surface area contributed by atoms with Crippen molar-refractivity contribution in [3.8, 4) is 0 Å². The zero-order valence-corrected chi connectivity index (χ0v) is 30.3. The van der Waals surface area contributed by atoms with E-state index in [1.807, 2.05) is 70.5 Å². The van der Waals surface area contributed by atoms with Crippen molar-refractivity contribution in [3.63, 3.8) is 0 Å². The van der Waals surface area contributed by atoms with E-state index in [1.54, 1.807) is 0 Å². The maximum Gasteiger partial charge on any atom is 0.418 e. The fourth-order valence-corrected chi connectivity index (χ4v) is 7.22. The van der Waals surface area contributed by atoms with E-state index in [1.165, 1.54) is 12.1 Å². The third-order valence-electron chi connectivity index (χ3n) is 9.33. The number of nitrogens with zero attached hydrogens (tertiary/aromatic N) is 6. The highest BCUT2D eigenvalue weighted by Gasteiger charge is 2.37. The molecular formula is C36H44Cl2F6N6+2. The summed E-state index contributed by atoms with van der Waals surface area (Å²) in [5, 5.41) is -0.630. The van der Waals surface area contributed by atoms with Crippen LogP contribution in [0.15, 0.2) is 36.7 Å². The lowest BCUT2D eigenvalue weighted by molar-refractivity contribution is -0.674. The highest BCUT2D eigenvalue weighted by molar-refractivity contribution is 6.32. The monoisotopic (exact) mass is 744 g/mol. The van der Waals surface area contributed by atoms with Gasteiger partial charge in [-0.25, -0.2) is 18.3 Å². The average molecular weight is 746 g/mol. The van der Waals surface area contributed by atoms with E-state index in [0.29, 0.717) is 74.4 Å². The molecule has 6 nitrogen and oxygen atoms in total. The van der Waals surface area contributed by atoms with Gasteiger partial charge in [-0.2, -0.15) is 26.3 Å². The Morgan fingerprint density at radius 1 is 0.620 bits per heavy atom. The van der Waals surface area contributed by atoms with Crippen molar-refractivity contribution in [1.29, 1.82) is 0 Å². The summed E-state index contributed by atoms with van der Waals surface area (Å²) >= 11 is 12.3. The first-order valence-electron chi connectivity index (χ1n) is 17.2. The molecule has 1 saturated heterocycles. The van der Waals surface area contributed by atoms with Crippen LogP contribution in [0.2, 0.25) is 10.0 Å². The number of imidazole rings is 2. The van der Waals surface area contributed by atoms with Gasteiger partial charge < -0.3 is 9.80 Å². The molecule has 0 amide bonds. The van der Waals surface area contributed by atoms with E-state index < -0.39 is 23.5 Å². The van der Waals surface area contributed by atoms with Crippen molar-refractivity contribution in [1.82, 2.24) is 18.9 Å². The van der Waals surface area contributed by atoms with Gasteiger partial charge in [0.15, 0.2) is 22.1 Å². The molecule has 0 aliphatic carbocycles. The number of alkyl halides is 6. The van der Waals surface area contributed by atoms with E-state index in [-0.39, 0.29) is 10.0 Å². The number of unbranched alkanes of at least 4 members (excludes halogenated alkanes) is 2. The number of halogens is 8. The molecule has 50 heavy (non-hydrogen) atoms. The predicted octanol–water partition coefficient (Wildman–Crippen LogP) is 9.41. The summed E-state index contributed by atoms with van der Waals surface area (Å²) in [7, 11) is 0. The number of aromatic nitrogens is 4. The van der Waals surface area contributed by atoms with Crippen LogP contribution in [0.4, 0.5) is 26.3 Å². The van der Waals surface area contributed by atoms with Crippen LogP contribution in [0.5, 0.6) is 0 Å². The SMILES string of the molecule is CCCC[n+]1c(C=CN2CCN(C=Cc3n(CC)c4cc(Cl)c(C(F)(F)F)cc4[n+]3CCCC)CC2)n(CC)c2cc(Cl)c(C(F)(F)F)cc21. The van der Waals surface area contributed by atoms with Crippen molar-refractivity contribution in [3.05, 3.63) is 69.5 Å². The topological polar surface area (TPSA) is 24.1 Å². The molecule has 0 saturated carbocycles. The largest absolute Gasteiger partial charge is 0.418 e. The Morgan fingerprint density at radius 3 is 1.28 bits per heavy atom. The number of fused-ring (bicyclic) bond motifs is 2. The molecule has 2 aromatic heterocycles. The lowest BCUT2D eigenvalue weighted by Gasteiger charge is -2.33. The molecule has 2 aromatic carbocycles. The van der Waals surface area contributed by atoms with Gasteiger partial charge in [-0.1, -0.05) is 49.9 Å². The van der Waals surface area contributed by atoms with Crippen LogP contribution in [0.1, 0.15) is 76.2 Å². The van der Waals surface area contributed by atoms with Crippen LogP contribution in [0, 0.1) is 0 Å². The fraction of sp³-hybridized carbons (Fsp3) is 0.500. The number of hydrogen-bond donors (Lipinski definition) is 0. The summed E-state index contributed by atoms with van der Waals surface area (Å²) in [6.45, 7) is 13.1. The Morgan fingerprint density at radius 2 is 0.980 bits per heavy atom. The summed E-state index contributed by atoms with van der Waals surface area (Å²) in [5.41, 5.74) is 0.654. The number of hydrogen-bond acceptors (Lipinski definition) is 2. The first-order valence-corrected chi connectivity index (χ1v) is 18.0. The molecule has 3 heterocycles. The summed E-state index contributed by atoms with van der Waals surface area (Å²) in [6, 6.07) is 5.16. The second-order valence-electron chi connectivity index (χ2n) is 12.6. The number of rotatable bonds is 12. The Bertz CT molecular complexity index is 1740.